The molecule has 2 N–H and O–H groups in total. The average molecular weight is 610 g/mol. The van der Waals surface area contributed by atoms with E-state index in [1.165, 1.54) is 25.1 Å². The van der Waals surface area contributed by atoms with Crippen molar-refractivity contribution >= 4 is 83.7 Å². The van der Waals surface area contributed by atoms with Crippen molar-refractivity contribution in [1.82, 2.24) is 4.90 Å². The van der Waals surface area contributed by atoms with E-state index in [0.717, 1.165) is 28.8 Å². The maximum atomic E-state index is 13.2. The lowest BCUT2D eigenvalue weighted by Gasteiger charge is -2.23. The van der Waals surface area contributed by atoms with Gasteiger partial charge in [0.2, 0.25) is 5.91 Å². The number of nitrogens with one attached hydrogen (secondary N) is 1. The highest BCUT2D eigenvalue weighted by atomic mass is 79.9. The standard InChI is InChI=1S/C20H13Br2F3N2O3S2/c1-9(17(29)26-14-5-3-2-4-12(14)20(23,24)25)27-18(30)15(32-19(27)31)7-10-6-11(21)8-13(22)16(10)28/h2-9,28H,1H3,(H,26,29)/b15-7-. The molecule has 168 valence electrons. The number of carbonyl (C=O) groups is 2. The normalized spacial score (nSPS) is 16.6. The topological polar surface area (TPSA) is 69.6 Å². The molecule has 1 heterocycles. The lowest BCUT2D eigenvalue weighted by Crippen LogP contribution is -2.44. The molecule has 0 bridgehead atoms. The third kappa shape index (κ3) is 5.19. The summed E-state index contributed by atoms with van der Waals surface area (Å²) < 4.78 is 40.7. The van der Waals surface area contributed by atoms with Gasteiger partial charge in [0.1, 0.15) is 16.1 Å². The van der Waals surface area contributed by atoms with Crippen LogP contribution in [0, 0.1) is 0 Å². The average Bonchev–Trinajstić information content (AvgIpc) is 2.97. The van der Waals surface area contributed by atoms with Crippen molar-refractivity contribution in [2.75, 3.05) is 5.32 Å². The van der Waals surface area contributed by atoms with E-state index in [4.69, 9.17) is 12.2 Å². The molecule has 1 fully saturated rings. The van der Waals surface area contributed by atoms with Gasteiger partial charge in [-0.05, 0) is 53.2 Å². The number of alkyl halides is 3. The second-order valence-electron chi connectivity index (χ2n) is 6.59. The quantitative estimate of drug-likeness (QED) is 0.321. The highest BCUT2D eigenvalue weighted by molar-refractivity contribution is 9.11. The molecular formula is C20H13Br2F3N2O3S2. The number of rotatable bonds is 4. The van der Waals surface area contributed by atoms with Gasteiger partial charge in [-0.1, -0.05) is 52.0 Å². The van der Waals surface area contributed by atoms with Crippen LogP contribution in [-0.4, -0.2) is 32.2 Å². The van der Waals surface area contributed by atoms with E-state index in [1.807, 2.05) is 0 Å². The Hall–Kier alpha value is -1.89. The van der Waals surface area contributed by atoms with Crippen molar-refractivity contribution in [2.45, 2.75) is 19.1 Å². The summed E-state index contributed by atoms with van der Waals surface area (Å²) in [6, 6.07) is 6.61. The number of para-hydroxylation sites is 1. The molecule has 5 nitrogen and oxygen atoms in total. The van der Waals surface area contributed by atoms with Crippen LogP contribution in [0.4, 0.5) is 18.9 Å². The number of hydrogen-bond acceptors (Lipinski definition) is 5. The summed E-state index contributed by atoms with van der Waals surface area (Å²) >= 11 is 12.7. The predicted molar refractivity (Wildman–Crippen MR) is 128 cm³/mol. The van der Waals surface area contributed by atoms with Gasteiger partial charge in [-0.25, -0.2) is 0 Å². The summed E-state index contributed by atoms with van der Waals surface area (Å²) in [6.07, 6.45) is -3.23. The van der Waals surface area contributed by atoms with Gasteiger partial charge in [-0.15, -0.1) is 0 Å². The Kier molecular flexibility index (Phi) is 7.38. The predicted octanol–water partition coefficient (Wildman–Crippen LogP) is 6.16. The zero-order valence-electron chi connectivity index (χ0n) is 16.0. The first-order valence-electron chi connectivity index (χ1n) is 8.82. The highest BCUT2D eigenvalue weighted by Crippen LogP contribution is 2.39. The van der Waals surface area contributed by atoms with Crippen molar-refractivity contribution in [3.05, 3.63) is 61.4 Å². The minimum absolute atomic E-state index is 0.0709. The first kappa shape index (κ1) is 24.7. The molecule has 3 rings (SSSR count). The van der Waals surface area contributed by atoms with Crippen LogP contribution >= 0.6 is 55.8 Å². The van der Waals surface area contributed by atoms with Crippen LogP contribution in [0.1, 0.15) is 18.1 Å². The minimum atomic E-state index is -4.65. The number of thiocarbonyl (C=S) groups is 1. The fourth-order valence-corrected chi connectivity index (χ4v) is 5.51. The summed E-state index contributed by atoms with van der Waals surface area (Å²) in [5.74, 6) is -1.51. The van der Waals surface area contributed by atoms with Crippen molar-refractivity contribution in [3.8, 4) is 5.75 Å². The van der Waals surface area contributed by atoms with Crippen molar-refractivity contribution in [3.63, 3.8) is 0 Å². The minimum Gasteiger partial charge on any atom is -0.506 e. The number of aromatic hydroxyl groups is 1. The van der Waals surface area contributed by atoms with Crippen LogP contribution in [0.3, 0.4) is 0 Å². The molecule has 0 radical (unpaired) electrons. The molecule has 2 aromatic rings. The molecule has 2 aromatic carbocycles. The molecule has 2 amide bonds. The summed E-state index contributed by atoms with van der Waals surface area (Å²) in [6.45, 7) is 1.37. The van der Waals surface area contributed by atoms with Crippen LogP contribution in [0.15, 0.2) is 50.2 Å². The van der Waals surface area contributed by atoms with E-state index in [1.54, 1.807) is 12.1 Å². The first-order chi connectivity index (χ1) is 14.9. The number of nitrogens with zero attached hydrogens (tertiary/aromatic N) is 1. The van der Waals surface area contributed by atoms with Crippen LogP contribution in [-0.2, 0) is 15.8 Å². The van der Waals surface area contributed by atoms with Crippen LogP contribution in [0.25, 0.3) is 6.08 Å². The van der Waals surface area contributed by atoms with E-state index in [-0.39, 0.29) is 15.0 Å². The number of halogens is 5. The van der Waals surface area contributed by atoms with E-state index in [2.05, 4.69) is 37.2 Å². The number of hydrogen-bond donors (Lipinski definition) is 2. The molecule has 0 aromatic heterocycles. The van der Waals surface area contributed by atoms with Crippen molar-refractivity contribution in [2.24, 2.45) is 0 Å². The van der Waals surface area contributed by atoms with E-state index >= 15 is 0 Å². The molecule has 1 saturated heterocycles. The fraction of sp³-hybridized carbons (Fsp3) is 0.150. The van der Waals surface area contributed by atoms with Crippen molar-refractivity contribution in [1.29, 1.82) is 0 Å². The highest BCUT2D eigenvalue weighted by Gasteiger charge is 2.39. The Bertz CT molecular complexity index is 1160. The fourth-order valence-electron chi connectivity index (χ4n) is 2.84. The van der Waals surface area contributed by atoms with Crippen molar-refractivity contribution < 1.29 is 27.9 Å². The second-order valence-corrected chi connectivity index (χ2v) is 10.0. The zero-order chi connectivity index (χ0) is 23.8. The summed E-state index contributed by atoms with van der Waals surface area (Å²) in [5.41, 5.74) is -1.08. The smallest absolute Gasteiger partial charge is 0.418 e. The molecule has 0 saturated carbocycles. The molecule has 32 heavy (non-hydrogen) atoms. The lowest BCUT2D eigenvalue weighted by molar-refractivity contribution is -0.137. The van der Waals surface area contributed by atoms with Crippen LogP contribution in [0.5, 0.6) is 5.75 Å². The maximum absolute atomic E-state index is 13.2. The van der Waals surface area contributed by atoms with Gasteiger partial charge in [0, 0.05) is 10.0 Å². The Labute approximate surface area is 207 Å². The lowest BCUT2D eigenvalue weighted by atomic mass is 10.1. The van der Waals surface area contributed by atoms with E-state index in [0.29, 0.717) is 14.5 Å². The first-order valence-corrected chi connectivity index (χ1v) is 11.6. The number of amides is 2. The molecule has 0 aliphatic carbocycles. The van der Waals surface area contributed by atoms with Crippen LogP contribution < -0.4 is 5.32 Å². The molecule has 12 heteroatoms. The second kappa shape index (κ2) is 9.54. The largest absolute Gasteiger partial charge is 0.506 e. The van der Waals surface area contributed by atoms with Gasteiger partial charge in [0.05, 0.1) is 20.6 Å². The van der Waals surface area contributed by atoms with Gasteiger partial charge in [0.15, 0.2) is 0 Å². The number of anilines is 1. The van der Waals surface area contributed by atoms with Gasteiger partial charge >= 0.3 is 6.18 Å². The SMILES string of the molecule is CC(C(=O)Nc1ccccc1C(F)(F)F)N1C(=O)/C(=C/c2cc(Br)cc(Br)c2O)SC1=S. The summed E-state index contributed by atoms with van der Waals surface area (Å²) in [7, 11) is 0. The van der Waals surface area contributed by atoms with E-state index in [9.17, 15) is 27.9 Å². The maximum Gasteiger partial charge on any atom is 0.418 e. The molecule has 0 spiro atoms. The van der Waals surface area contributed by atoms with Gasteiger partial charge in [-0.2, -0.15) is 13.2 Å². The van der Waals surface area contributed by atoms with E-state index < -0.39 is 35.3 Å². The summed E-state index contributed by atoms with van der Waals surface area (Å²) in [5, 5.41) is 12.4. The number of phenols is 1. The number of benzene rings is 2. The number of phenolic OH excluding ortho intramolecular Hbond substituents is 1. The Morgan fingerprint density at radius 3 is 2.59 bits per heavy atom. The molecule has 1 atom stereocenters. The Morgan fingerprint density at radius 1 is 1.28 bits per heavy atom. The Morgan fingerprint density at radius 2 is 1.94 bits per heavy atom. The molecular weight excluding hydrogens is 597 g/mol. The molecule has 1 aliphatic heterocycles. The molecule has 1 unspecified atom stereocenters. The zero-order valence-corrected chi connectivity index (χ0v) is 20.8. The third-order valence-corrected chi connectivity index (χ3v) is 6.82. The third-order valence-electron chi connectivity index (χ3n) is 4.42. The monoisotopic (exact) mass is 608 g/mol. The molecule has 1 aliphatic rings. The van der Waals surface area contributed by atoms with Gasteiger partial charge in [0.25, 0.3) is 5.91 Å². The van der Waals surface area contributed by atoms with Gasteiger partial charge < -0.3 is 10.4 Å². The number of thioether (sulfide) groups is 1. The van der Waals surface area contributed by atoms with Gasteiger partial charge in [-0.3, -0.25) is 14.5 Å². The Balaban J connectivity index is 1.84. The summed E-state index contributed by atoms with van der Waals surface area (Å²) in [4.78, 5) is 26.8. The number of carbonyl (C=O) groups excluding carboxylic acids is 2. The van der Waals surface area contributed by atoms with Crippen LogP contribution in [0.2, 0.25) is 0 Å².